The van der Waals surface area contributed by atoms with Gasteiger partial charge in [0.2, 0.25) is 0 Å². The van der Waals surface area contributed by atoms with Crippen LogP contribution >= 0.6 is 0 Å². The molecule has 1 nitrogen and oxygen atoms in total. The predicted octanol–water partition coefficient (Wildman–Crippen LogP) is 2.68. The first-order valence-corrected chi connectivity index (χ1v) is 5.10. The van der Waals surface area contributed by atoms with Crippen LogP contribution in [0.5, 0.6) is 0 Å². The Kier molecular flexibility index (Phi) is 3.80. The second-order valence-electron chi connectivity index (χ2n) is 4.06. The van der Waals surface area contributed by atoms with Crippen LogP contribution in [0.25, 0.3) is 0 Å². The van der Waals surface area contributed by atoms with Gasteiger partial charge in [0.1, 0.15) is 0 Å². The maximum Gasteiger partial charge on any atom is 0.00385 e. The first kappa shape index (κ1) is 9.79. The minimum atomic E-state index is 0.716. The van der Waals surface area contributed by atoms with Crippen LogP contribution in [0.3, 0.4) is 0 Å². The molecule has 1 aliphatic heterocycles. The first-order valence-electron chi connectivity index (χ1n) is 5.10. The Morgan fingerprint density at radius 1 is 1.33 bits per heavy atom. The Labute approximate surface area is 76.5 Å². The summed E-state index contributed by atoms with van der Waals surface area (Å²) in [5, 5.41) is 0. The van der Waals surface area contributed by atoms with Crippen LogP contribution in [0.4, 0.5) is 0 Å². The highest BCUT2D eigenvalue weighted by Crippen LogP contribution is 2.19. The number of allylic oxidation sites excluding steroid dienone is 1. The molecule has 0 aromatic heterocycles. The fourth-order valence-electron chi connectivity index (χ4n) is 1.90. The molecular formula is C11H21N. The van der Waals surface area contributed by atoms with Crippen molar-refractivity contribution in [3.8, 4) is 0 Å². The summed E-state index contributed by atoms with van der Waals surface area (Å²) in [5.41, 5.74) is 0. The molecule has 0 aliphatic carbocycles. The Balaban J connectivity index is 2.38. The normalized spacial score (nSPS) is 27.1. The van der Waals surface area contributed by atoms with Gasteiger partial charge in [-0.05, 0) is 52.1 Å². The van der Waals surface area contributed by atoms with Gasteiger partial charge in [-0.25, -0.2) is 0 Å². The third-order valence-corrected chi connectivity index (χ3v) is 2.87. The van der Waals surface area contributed by atoms with Crippen LogP contribution in [0.15, 0.2) is 12.7 Å². The Morgan fingerprint density at radius 3 is 2.67 bits per heavy atom. The molecule has 0 bridgehead atoms. The lowest BCUT2D eigenvalue weighted by Crippen LogP contribution is -2.31. The third kappa shape index (κ3) is 2.63. The van der Waals surface area contributed by atoms with Crippen molar-refractivity contribution in [1.29, 1.82) is 0 Å². The van der Waals surface area contributed by atoms with E-state index in [1.165, 1.54) is 32.4 Å². The molecule has 1 heteroatoms. The summed E-state index contributed by atoms with van der Waals surface area (Å²) in [6, 6.07) is 0.716. The van der Waals surface area contributed by atoms with Crippen LogP contribution in [-0.2, 0) is 0 Å². The van der Waals surface area contributed by atoms with E-state index in [-0.39, 0.29) is 0 Å². The van der Waals surface area contributed by atoms with Crippen LogP contribution in [0, 0.1) is 5.92 Å². The highest BCUT2D eigenvalue weighted by molar-refractivity contribution is 4.83. The maximum atomic E-state index is 3.88. The van der Waals surface area contributed by atoms with E-state index in [1.54, 1.807) is 0 Å². The minimum absolute atomic E-state index is 0.716. The average Bonchev–Trinajstić information content (AvgIpc) is 2.28. The number of hydrogen-bond donors (Lipinski definition) is 0. The Bertz CT molecular complexity index is 140. The number of nitrogens with zero attached hydrogens (tertiary/aromatic N) is 1. The molecule has 1 aliphatic rings. The summed E-state index contributed by atoms with van der Waals surface area (Å²) in [6.45, 7) is 11.0. The molecule has 12 heavy (non-hydrogen) atoms. The predicted molar refractivity (Wildman–Crippen MR) is 54.2 cm³/mol. The van der Waals surface area contributed by atoms with Gasteiger partial charge < -0.3 is 4.90 Å². The number of rotatable bonds is 2. The molecule has 0 radical (unpaired) electrons. The van der Waals surface area contributed by atoms with E-state index in [9.17, 15) is 0 Å². The van der Waals surface area contributed by atoms with Gasteiger partial charge >= 0.3 is 0 Å². The standard InChI is InChI=1S/C11H21N/c1-4-11-6-5-8-12(9-7-11)10(2)3/h4,10-11H,1,5-9H2,2-3H3. The average molecular weight is 167 g/mol. The van der Waals surface area contributed by atoms with E-state index < -0.39 is 0 Å². The van der Waals surface area contributed by atoms with Crippen molar-refractivity contribution in [3.05, 3.63) is 12.7 Å². The molecule has 1 fully saturated rings. The third-order valence-electron chi connectivity index (χ3n) is 2.87. The molecule has 1 saturated heterocycles. The van der Waals surface area contributed by atoms with Crippen molar-refractivity contribution in [1.82, 2.24) is 4.90 Å². The molecule has 70 valence electrons. The zero-order chi connectivity index (χ0) is 8.97. The molecule has 1 unspecified atom stereocenters. The molecule has 0 N–H and O–H groups in total. The Hall–Kier alpha value is -0.300. The van der Waals surface area contributed by atoms with Crippen LogP contribution in [0.2, 0.25) is 0 Å². The quantitative estimate of drug-likeness (QED) is 0.572. The van der Waals surface area contributed by atoms with Crippen molar-refractivity contribution in [2.24, 2.45) is 5.92 Å². The zero-order valence-corrected chi connectivity index (χ0v) is 8.42. The highest BCUT2D eigenvalue weighted by atomic mass is 15.1. The van der Waals surface area contributed by atoms with E-state index >= 15 is 0 Å². The molecule has 1 rings (SSSR count). The van der Waals surface area contributed by atoms with Crippen molar-refractivity contribution in [2.75, 3.05) is 13.1 Å². The zero-order valence-electron chi connectivity index (χ0n) is 8.42. The topological polar surface area (TPSA) is 3.24 Å². The van der Waals surface area contributed by atoms with Gasteiger partial charge in [-0.1, -0.05) is 6.08 Å². The fraction of sp³-hybridized carbons (Fsp3) is 0.818. The number of hydrogen-bond acceptors (Lipinski definition) is 1. The summed E-state index contributed by atoms with van der Waals surface area (Å²) < 4.78 is 0. The first-order chi connectivity index (χ1) is 5.74. The molecule has 0 spiro atoms. The van der Waals surface area contributed by atoms with Gasteiger partial charge in [-0.2, -0.15) is 0 Å². The summed E-state index contributed by atoms with van der Waals surface area (Å²) in [4.78, 5) is 2.57. The van der Waals surface area contributed by atoms with E-state index in [4.69, 9.17) is 0 Å². The van der Waals surface area contributed by atoms with Crippen molar-refractivity contribution in [2.45, 2.75) is 39.2 Å². The van der Waals surface area contributed by atoms with Gasteiger partial charge in [0, 0.05) is 6.04 Å². The van der Waals surface area contributed by atoms with Crippen molar-refractivity contribution < 1.29 is 0 Å². The van der Waals surface area contributed by atoms with E-state index in [1.807, 2.05) is 0 Å². The molecule has 0 aromatic rings. The minimum Gasteiger partial charge on any atom is -0.301 e. The van der Waals surface area contributed by atoms with Gasteiger partial charge in [0.25, 0.3) is 0 Å². The van der Waals surface area contributed by atoms with Gasteiger partial charge in [-0.15, -0.1) is 6.58 Å². The van der Waals surface area contributed by atoms with Crippen LogP contribution < -0.4 is 0 Å². The van der Waals surface area contributed by atoms with Crippen LogP contribution in [-0.4, -0.2) is 24.0 Å². The second-order valence-corrected chi connectivity index (χ2v) is 4.06. The van der Waals surface area contributed by atoms with Crippen molar-refractivity contribution >= 4 is 0 Å². The summed E-state index contributed by atoms with van der Waals surface area (Å²) >= 11 is 0. The smallest absolute Gasteiger partial charge is 0.00385 e. The lowest BCUT2D eigenvalue weighted by Gasteiger charge is -2.24. The largest absolute Gasteiger partial charge is 0.301 e. The SMILES string of the molecule is C=CC1CCCN(C(C)C)CC1. The van der Waals surface area contributed by atoms with E-state index in [0.717, 1.165) is 5.92 Å². The van der Waals surface area contributed by atoms with Gasteiger partial charge in [-0.3, -0.25) is 0 Å². The summed E-state index contributed by atoms with van der Waals surface area (Å²) in [6.07, 6.45) is 6.12. The molecular weight excluding hydrogens is 146 g/mol. The summed E-state index contributed by atoms with van der Waals surface area (Å²) in [7, 11) is 0. The van der Waals surface area contributed by atoms with Crippen molar-refractivity contribution in [3.63, 3.8) is 0 Å². The Morgan fingerprint density at radius 2 is 2.08 bits per heavy atom. The maximum absolute atomic E-state index is 3.88. The monoisotopic (exact) mass is 167 g/mol. The molecule has 0 amide bonds. The lowest BCUT2D eigenvalue weighted by molar-refractivity contribution is 0.229. The number of likely N-dealkylation sites (tertiary alicyclic amines) is 1. The molecule has 1 heterocycles. The molecule has 0 aromatic carbocycles. The molecule has 1 atom stereocenters. The lowest BCUT2D eigenvalue weighted by atomic mass is 10.0. The van der Waals surface area contributed by atoms with E-state index in [2.05, 4.69) is 31.4 Å². The van der Waals surface area contributed by atoms with Gasteiger partial charge in [0.15, 0.2) is 0 Å². The van der Waals surface area contributed by atoms with Crippen LogP contribution in [0.1, 0.15) is 33.1 Å². The molecule has 0 saturated carbocycles. The summed E-state index contributed by atoms with van der Waals surface area (Å²) in [5.74, 6) is 0.772. The second kappa shape index (κ2) is 4.66. The fourth-order valence-corrected chi connectivity index (χ4v) is 1.90. The van der Waals surface area contributed by atoms with E-state index in [0.29, 0.717) is 6.04 Å². The highest BCUT2D eigenvalue weighted by Gasteiger charge is 2.15. The van der Waals surface area contributed by atoms with Gasteiger partial charge in [0.05, 0.1) is 0 Å².